The Kier molecular flexibility index (Phi) is 4.28. The third-order valence-corrected chi connectivity index (χ3v) is 4.02. The molecule has 1 aliphatic carbocycles. The summed E-state index contributed by atoms with van der Waals surface area (Å²) in [5.41, 5.74) is 0. The molecule has 0 unspecified atom stereocenters. The van der Waals surface area contributed by atoms with Crippen molar-refractivity contribution in [2.45, 2.75) is 44.2 Å². The Morgan fingerprint density at radius 3 is 2.71 bits per heavy atom. The van der Waals surface area contributed by atoms with Gasteiger partial charge >= 0.3 is 0 Å². The first-order chi connectivity index (χ1) is 10.2. The summed E-state index contributed by atoms with van der Waals surface area (Å²) < 4.78 is 28.4. The van der Waals surface area contributed by atoms with Crippen molar-refractivity contribution in [1.29, 1.82) is 0 Å². The third-order valence-electron chi connectivity index (χ3n) is 4.02. The van der Waals surface area contributed by atoms with Crippen LogP contribution in [0.5, 0.6) is 0 Å². The summed E-state index contributed by atoms with van der Waals surface area (Å²) in [4.78, 5) is 4.06. The minimum Gasteiger partial charge on any atom is -0.309 e. The van der Waals surface area contributed by atoms with Gasteiger partial charge < -0.3 is 5.32 Å². The van der Waals surface area contributed by atoms with Gasteiger partial charge in [-0.05, 0) is 25.7 Å². The van der Waals surface area contributed by atoms with Crippen molar-refractivity contribution in [3.63, 3.8) is 0 Å². The highest BCUT2D eigenvalue weighted by Gasteiger charge is 2.24. The highest BCUT2D eigenvalue weighted by atomic mass is 19.3. The van der Waals surface area contributed by atoms with Crippen LogP contribution in [0.4, 0.5) is 8.78 Å². The number of hydrogen-bond donors (Lipinski definition) is 1. The average Bonchev–Trinajstić information content (AvgIpc) is 3.16. The van der Waals surface area contributed by atoms with Crippen molar-refractivity contribution >= 4 is 0 Å². The van der Waals surface area contributed by atoms with Crippen LogP contribution in [0.1, 0.15) is 31.7 Å². The van der Waals surface area contributed by atoms with Crippen LogP contribution in [0.25, 0.3) is 5.82 Å². The minimum atomic E-state index is -2.28. The first-order valence-corrected chi connectivity index (χ1v) is 7.27. The van der Waals surface area contributed by atoms with Gasteiger partial charge in [0.2, 0.25) is 0 Å². The Hall–Kier alpha value is -1.76. The molecule has 0 amide bonds. The molecule has 5 nitrogen and oxygen atoms in total. The van der Waals surface area contributed by atoms with Crippen molar-refractivity contribution in [1.82, 2.24) is 24.6 Å². The summed E-state index contributed by atoms with van der Waals surface area (Å²) in [6.07, 6.45) is 8.60. The van der Waals surface area contributed by atoms with Gasteiger partial charge in [-0.3, -0.25) is 4.57 Å². The van der Waals surface area contributed by atoms with Gasteiger partial charge in [0, 0.05) is 24.5 Å². The number of nitrogens with one attached hydrogen (secondary N) is 1. The third kappa shape index (κ3) is 3.29. The summed E-state index contributed by atoms with van der Waals surface area (Å²) >= 11 is 0. The van der Waals surface area contributed by atoms with E-state index >= 15 is 0 Å². The van der Waals surface area contributed by atoms with Crippen LogP contribution in [-0.4, -0.2) is 38.3 Å². The zero-order valence-corrected chi connectivity index (χ0v) is 11.7. The van der Waals surface area contributed by atoms with Crippen LogP contribution in [0.3, 0.4) is 0 Å². The van der Waals surface area contributed by atoms with E-state index in [4.69, 9.17) is 0 Å². The highest BCUT2D eigenvalue weighted by molar-refractivity contribution is 5.21. The van der Waals surface area contributed by atoms with Crippen LogP contribution in [-0.2, 0) is 0 Å². The van der Waals surface area contributed by atoms with E-state index in [0.717, 1.165) is 31.5 Å². The van der Waals surface area contributed by atoms with Crippen molar-refractivity contribution in [3.05, 3.63) is 31.0 Å². The molecular formula is C14H19F2N5. The van der Waals surface area contributed by atoms with Crippen LogP contribution < -0.4 is 5.32 Å². The molecule has 2 aromatic heterocycles. The molecule has 1 N–H and O–H groups in total. The van der Waals surface area contributed by atoms with Crippen molar-refractivity contribution < 1.29 is 8.78 Å². The van der Waals surface area contributed by atoms with Crippen LogP contribution >= 0.6 is 0 Å². The largest absolute Gasteiger partial charge is 0.309 e. The van der Waals surface area contributed by atoms with Crippen LogP contribution in [0, 0.1) is 0 Å². The lowest BCUT2D eigenvalue weighted by Gasteiger charge is -2.30. The van der Waals surface area contributed by atoms with Gasteiger partial charge in [0.15, 0.2) is 0 Å². The standard InChI is InChI=1S/C14H19F2N5/c15-13(16)9-18-11-1-3-12(4-2-11)21-14(5-6-19-21)20-8-7-17-10-20/h5-8,10-13,18H,1-4,9H2. The molecule has 0 aliphatic heterocycles. The lowest BCUT2D eigenvalue weighted by Crippen LogP contribution is -2.36. The zero-order chi connectivity index (χ0) is 14.7. The number of alkyl halides is 2. The van der Waals surface area contributed by atoms with Crippen LogP contribution in [0.15, 0.2) is 31.0 Å². The molecule has 1 saturated carbocycles. The number of imidazole rings is 1. The van der Waals surface area contributed by atoms with E-state index in [9.17, 15) is 8.78 Å². The van der Waals surface area contributed by atoms with Gasteiger partial charge in [-0.15, -0.1) is 0 Å². The number of halogens is 2. The fourth-order valence-corrected chi connectivity index (χ4v) is 2.97. The monoisotopic (exact) mass is 295 g/mol. The van der Waals surface area contributed by atoms with E-state index in [-0.39, 0.29) is 12.6 Å². The van der Waals surface area contributed by atoms with E-state index in [1.54, 1.807) is 18.7 Å². The predicted octanol–water partition coefficient (Wildman–Crippen LogP) is 2.41. The van der Waals surface area contributed by atoms with E-state index < -0.39 is 6.43 Å². The van der Waals surface area contributed by atoms with Gasteiger partial charge in [-0.2, -0.15) is 5.10 Å². The zero-order valence-electron chi connectivity index (χ0n) is 11.7. The number of hydrogen-bond acceptors (Lipinski definition) is 3. The summed E-state index contributed by atoms with van der Waals surface area (Å²) in [5.74, 6) is 0.997. The normalized spacial score (nSPS) is 22.8. The fourth-order valence-electron chi connectivity index (χ4n) is 2.97. The number of nitrogens with zero attached hydrogens (tertiary/aromatic N) is 4. The Morgan fingerprint density at radius 2 is 2.05 bits per heavy atom. The van der Waals surface area contributed by atoms with Crippen molar-refractivity contribution in [3.8, 4) is 5.82 Å². The molecule has 2 aromatic rings. The maximum Gasteiger partial charge on any atom is 0.250 e. The molecule has 114 valence electrons. The Balaban J connectivity index is 1.62. The molecule has 2 heterocycles. The first-order valence-electron chi connectivity index (χ1n) is 7.27. The average molecular weight is 295 g/mol. The quantitative estimate of drug-likeness (QED) is 0.921. The fraction of sp³-hybridized carbons (Fsp3) is 0.571. The molecule has 21 heavy (non-hydrogen) atoms. The Labute approximate surface area is 122 Å². The van der Waals surface area contributed by atoms with Gasteiger partial charge in [0.25, 0.3) is 6.43 Å². The van der Waals surface area contributed by atoms with Crippen molar-refractivity contribution in [2.24, 2.45) is 0 Å². The second-order valence-corrected chi connectivity index (χ2v) is 5.41. The van der Waals surface area contributed by atoms with Crippen molar-refractivity contribution in [2.75, 3.05) is 6.54 Å². The molecule has 0 radical (unpaired) electrons. The summed E-state index contributed by atoms with van der Waals surface area (Å²) in [5, 5.41) is 7.36. The van der Waals surface area contributed by atoms with E-state index in [1.165, 1.54) is 0 Å². The number of rotatable bonds is 5. The molecule has 1 fully saturated rings. The maximum atomic E-state index is 12.2. The molecule has 0 aromatic carbocycles. The van der Waals surface area contributed by atoms with Crippen LogP contribution in [0.2, 0.25) is 0 Å². The van der Waals surface area contributed by atoms with Gasteiger partial charge in [-0.1, -0.05) is 0 Å². The second-order valence-electron chi connectivity index (χ2n) is 5.41. The second kappa shape index (κ2) is 6.34. The van der Waals surface area contributed by atoms with E-state index in [0.29, 0.717) is 6.04 Å². The summed E-state index contributed by atoms with van der Waals surface area (Å²) in [7, 11) is 0. The van der Waals surface area contributed by atoms with Gasteiger partial charge in [0.05, 0.1) is 18.8 Å². The Bertz CT molecular complexity index is 543. The predicted molar refractivity (Wildman–Crippen MR) is 74.6 cm³/mol. The molecule has 7 heteroatoms. The topological polar surface area (TPSA) is 47.7 Å². The SMILES string of the molecule is FC(F)CNC1CCC(n2nccc2-n2ccnc2)CC1. The number of aromatic nitrogens is 4. The lowest BCUT2D eigenvalue weighted by molar-refractivity contribution is 0.135. The lowest BCUT2D eigenvalue weighted by atomic mass is 9.91. The van der Waals surface area contributed by atoms with Gasteiger partial charge in [-0.25, -0.2) is 18.4 Å². The first kappa shape index (κ1) is 14.2. The molecule has 0 bridgehead atoms. The molecule has 0 spiro atoms. The van der Waals surface area contributed by atoms with E-state index in [1.807, 2.05) is 21.5 Å². The molecular weight excluding hydrogens is 276 g/mol. The highest BCUT2D eigenvalue weighted by Crippen LogP contribution is 2.29. The molecule has 0 atom stereocenters. The smallest absolute Gasteiger partial charge is 0.250 e. The molecule has 0 saturated heterocycles. The minimum absolute atomic E-state index is 0.197. The van der Waals surface area contributed by atoms with Gasteiger partial charge in [0.1, 0.15) is 12.1 Å². The summed E-state index contributed by atoms with van der Waals surface area (Å²) in [6, 6.07) is 2.48. The maximum absolute atomic E-state index is 12.2. The van der Waals surface area contributed by atoms with E-state index in [2.05, 4.69) is 15.4 Å². The Morgan fingerprint density at radius 1 is 1.24 bits per heavy atom. The molecule has 1 aliphatic rings. The molecule has 3 rings (SSSR count). The summed E-state index contributed by atoms with van der Waals surface area (Å²) in [6.45, 7) is -0.211.